The van der Waals surface area contributed by atoms with Gasteiger partial charge in [0.05, 0.1) is 0 Å². The Bertz CT molecular complexity index is 228. The second kappa shape index (κ2) is 4.62. The Morgan fingerprint density at radius 2 is 2.20 bits per heavy atom. The van der Waals surface area contributed by atoms with Gasteiger partial charge in [-0.1, -0.05) is 6.92 Å². The Balaban J connectivity index is 1.85. The summed E-state index contributed by atoms with van der Waals surface area (Å²) in [6, 6.07) is 0. The molecule has 0 aliphatic carbocycles. The molecule has 1 atom stereocenters. The molecule has 0 aromatic rings. The molecular formula is C12H21NO2. The van der Waals surface area contributed by atoms with Crippen molar-refractivity contribution < 1.29 is 9.53 Å². The van der Waals surface area contributed by atoms with Crippen molar-refractivity contribution in [3.63, 3.8) is 0 Å². The number of ether oxygens (including phenoxy) is 1. The molecule has 2 saturated heterocycles. The third-order valence-electron chi connectivity index (χ3n) is 3.86. The summed E-state index contributed by atoms with van der Waals surface area (Å²) in [4.78, 5) is 12.2. The van der Waals surface area contributed by atoms with Crippen LogP contribution in [0.1, 0.15) is 32.6 Å². The zero-order valence-electron chi connectivity index (χ0n) is 9.55. The first kappa shape index (κ1) is 11.1. The molecule has 2 heterocycles. The first-order valence-electron chi connectivity index (χ1n) is 6.02. The van der Waals surface area contributed by atoms with E-state index in [-0.39, 0.29) is 5.41 Å². The number of nitrogens with one attached hydrogen (secondary N) is 1. The zero-order chi connectivity index (χ0) is 10.7. The summed E-state index contributed by atoms with van der Waals surface area (Å²) in [5, 5.41) is 3.29. The van der Waals surface area contributed by atoms with E-state index in [0.717, 1.165) is 52.0 Å². The van der Waals surface area contributed by atoms with Gasteiger partial charge >= 0.3 is 0 Å². The van der Waals surface area contributed by atoms with Crippen molar-refractivity contribution >= 4 is 5.78 Å². The molecule has 15 heavy (non-hydrogen) atoms. The summed E-state index contributed by atoms with van der Waals surface area (Å²) in [6.45, 7) is 5.65. The van der Waals surface area contributed by atoms with E-state index < -0.39 is 0 Å². The lowest BCUT2D eigenvalue weighted by Crippen LogP contribution is -2.32. The second-order valence-corrected chi connectivity index (χ2v) is 5.17. The van der Waals surface area contributed by atoms with Gasteiger partial charge in [0.2, 0.25) is 0 Å². The molecule has 3 nitrogen and oxygen atoms in total. The molecule has 2 aliphatic heterocycles. The number of ketones is 1. The molecule has 0 amide bonds. The Labute approximate surface area is 91.6 Å². The van der Waals surface area contributed by atoms with E-state index in [0.29, 0.717) is 11.7 Å². The molecule has 86 valence electrons. The van der Waals surface area contributed by atoms with Crippen molar-refractivity contribution in [1.82, 2.24) is 5.32 Å². The fourth-order valence-electron chi connectivity index (χ4n) is 2.51. The van der Waals surface area contributed by atoms with E-state index in [1.165, 1.54) is 0 Å². The van der Waals surface area contributed by atoms with E-state index in [1.807, 2.05) is 0 Å². The summed E-state index contributed by atoms with van der Waals surface area (Å²) < 4.78 is 5.31. The molecule has 0 aromatic heterocycles. The van der Waals surface area contributed by atoms with Crippen LogP contribution >= 0.6 is 0 Å². The molecule has 0 saturated carbocycles. The highest BCUT2D eigenvalue weighted by atomic mass is 16.5. The van der Waals surface area contributed by atoms with Crippen LogP contribution in [-0.2, 0) is 9.53 Å². The Morgan fingerprint density at radius 3 is 2.80 bits per heavy atom. The molecule has 2 aliphatic rings. The Morgan fingerprint density at radius 1 is 1.47 bits per heavy atom. The van der Waals surface area contributed by atoms with Crippen LogP contribution in [0.3, 0.4) is 0 Å². The number of rotatable bonds is 3. The Hall–Kier alpha value is -0.410. The third kappa shape index (κ3) is 2.58. The summed E-state index contributed by atoms with van der Waals surface area (Å²) in [5.74, 6) is 1.03. The maximum Gasteiger partial charge on any atom is 0.140 e. The van der Waals surface area contributed by atoms with E-state index in [9.17, 15) is 4.79 Å². The van der Waals surface area contributed by atoms with Crippen LogP contribution < -0.4 is 5.32 Å². The number of hydrogen-bond acceptors (Lipinski definition) is 3. The zero-order valence-corrected chi connectivity index (χ0v) is 9.55. The largest absolute Gasteiger partial charge is 0.381 e. The third-order valence-corrected chi connectivity index (χ3v) is 3.86. The highest BCUT2D eigenvalue weighted by Gasteiger charge is 2.36. The van der Waals surface area contributed by atoms with Crippen molar-refractivity contribution in [3.8, 4) is 0 Å². The second-order valence-electron chi connectivity index (χ2n) is 5.17. The average molecular weight is 211 g/mol. The molecule has 1 N–H and O–H groups in total. The first-order chi connectivity index (χ1) is 7.21. The van der Waals surface area contributed by atoms with Gasteiger partial charge < -0.3 is 10.1 Å². The molecular weight excluding hydrogens is 190 g/mol. The molecule has 0 bridgehead atoms. The van der Waals surface area contributed by atoms with Crippen LogP contribution in [-0.4, -0.2) is 32.1 Å². The molecule has 2 rings (SSSR count). The molecule has 1 unspecified atom stereocenters. The predicted molar refractivity (Wildman–Crippen MR) is 58.8 cm³/mol. The number of carbonyl (C=O) groups is 1. The van der Waals surface area contributed by atoms with Crippen molar-refractivity contribution in [1.29, 1.82) is 0 Å². The van der Waals surface area contributed by atoms with Crippen LogP contribution in [0.5, 0.6) is 0 Å². The fourth-order valence-corrected chi connectivity index (χ4v) is 2.51. The first-order valence-corrected chi connectivity index (χ1v) is 6.02. The van der Waals surface area contributed by atoms with Crippen LogP contribution in [0.2, 0.25) is 0 Å². The lowest BCUT2D eigenvalue weighted by Gasteiger charge is -2.26. The highest BCUT2D eigenvalue weighted by molar-refractivity contribution is 5.85. The topological polar surface area (TPSA) is 38.3 Å². The summed E-state index contributed by atoms with van der Waals surface area (Å²) in [5.41, 5.74) is -0.0850. The number of Topliss-reactive ketones (excluding diaryl/α,β-unsaturated/α-hetero) is 1. The summed E-state index contributed by atoms with van der Waals surface area (Å²) in [7, 11) is 0. The summed E-state index contributed by atoms with van der Waals surface area (Å²) in [6.07, 6.45) is 3.90. The van der Waals surface area contributed by atoms with Crippen molar-refractivity contribution in [2.24, 2.45) is 11.3 Å². The maximum absolute atomic E-state index is 12.2. The fraction of sp³-hybridized carbons (Fsp3) is 0.917. The molecule has 3 heteroatoms. The standard InChI is InChI=1S/C12H21NO2/c1-12(4-5-13-9-12)11(14)8-10-2-6-15-7-3-10/h10,13H,2-9H2,1H3. The molecule has 0 radical (unpaired) electrons. The lowest BCUT2D eigenvalue weighted by atomic mass is 9.79. The van der Waals surface area contributed by atoms with E-state index in [2.05, 4.69) is 12.2 Å². The summed E-state index contributed by atoms with van der Waals surface area (Å²) >= 11 is 0. The van der Waals surface area contributed by atoms with Gasteiger partial charge in [-0.25, -0.2) is 0 Å². The average Bonchev–Trinajstić information content (AvgIpc) is 2.68. The minimum absolute atomic E-state index is 0.0850. The van der Waals surface area contributed by atoms with Gasteiger partial charge in [0, 0.05) is 31.6 Å². The molecule has 0 spiro atoms. The van der Waals surface area contributed by atoms with Gasteiger partial charge in [-0.15, -0.1) is 0 Å². The van der Waals surface area contributed by atoms with Crippen molar-refractivity contribution in [2.75, 3.05) is 26.3 Å². The minimum Gasteiger partial charge on any atom is -0.381 e. The number of hydrogen-bond donors (Lipinski definition) is 1. The smallest absolute Gasteiger partial charge is 0.140 e. The van der Waals surface area contributed by atoms with Gasteiger partial charge in [-0.3, -0.25) is 4.79 Å². The van der Waals surface area contributed by atoms with Crippen LogP contribution in [0.15, 0.2) is 0 Å². The van der Waals surface area contributed by atoms with Gasteiger partial charge in [-0.05, 0) is 31.7 Å². The van der Waals surface area contributed by atoms with E-state index in [1.54, 1.807) is 0 Å². The van der Waals surface area contributed by atoms with Crippen molar-refractivity contribution in [3.05, 3.63) is 0 Å². The van der Waals surface area contributed by atoms with Gasteiger partial charge in [0.15, 0.2) is 0 Å². The van der Waals surface area contributed by atoms with E-state index in [4.69, 9.17) is 4.74 Å². The highest BCUT2D eigenvalue weighted by Crippen LogP contribution is 2.30. The molecule has 2 fully saturated rings. The maximum atomic E-state index is 12.2. The van der Waals surface area contributed by atoms with Crippen LogP contribution in [0.4, 0.5) is 0 Å². The predicted octanol–water partition coefficient (Wildman–Crippen LogP) is 1.37. The van der Waals surface area contributed by atoms with E-state index >= 15 is 0 Å². The Kier molecular flexibility index (Phi) is 3.42. The van der Waals surface area contributed by atoms with Gasteiger partial charge in [0.1, 0.15) is 5.78 Å². The normalized spacial score (nSPS) is 33.1. The molecule has 0 aromatic carbocycles. The van der Waals surface area contributed by atoms with Gasteiger partial charge in [-0.2, -0.15) is 0 Å². The monoisotopic (exact) mass is 211 g/mol. The number of carbonyl (C=O) groups excluding carboxylic acids is 1. The van der Waals surface area contributed by atoms with Crippen LogP contribution in [0, 0.1) is 11.3 Å². The SMILES string of the molecule is CC1(C(=O)CC2CCOCC2)CCNC1. The van der Waals surface area contributed by atoms with Crippen molar-refractivity contribution in [2.45, 2.75) is 32.6 Å². The van der Waals surface area contributed by atoms with Crippen LogP contribution in [0.25, 0.3) is 0 Å². The lowest BCUT2D eigenvalue weighted by molar-refractivity contribution is -0.128. The van der Waals surface area contributed by atoms with Gasteiger partial charge in [0.25, 0.3) is 0 Å². The minimum atomic E-state index is -0.0850. The quantitative estimate of drug-likeness (QED) is 0.766.